The Morgan fingerprint density at radius 1 is 1.20 bits per heavy atom. The zero-order valence-electron chi connectivity index (χ0n) is 15.5. The van der Waals surface area contributed by atoms with Gasteiger partial charge >= 0.3 is 0 Å². The van der Waals surface area contributed by atoms with Crippen molar-refractivity contribution < 1.29 is 4.57 Å². The molecular formula is C22H27ClNS+. The van der Waals surface area contributed by atoms with Gasteiger partial charge in [0.1, 0.15) is 11.2 Å². The van der Waals surface area contributed by atoms with Crippen LogP contribution in [0.3, 0.4) is 0 Å². The van der Waals surface area contributed by atoms with E-state index in [4.69, 9.17) is 11.6 Å². The van der Waals surface area contributed by atoms with Crippen LogP contribution in [0.2, 0.25) is 0 Å². The Morgan fingerprint density at radius 2 is 2.00 bits per heavy atom. The van der Waals surface area contributed by atoms with Crippen molar-refractivity contribution in [1.82, 2.24) is 0 Å². The molecule has 4 rings (SSSR count). The average Bonchev–Trinajstić information content (AvgIpc) is 2.90. The Kier molecular flexibility index (Phi) is 4.54. The fourth-order valence-electron chi connectivity index (χ4n) is 4.45. The molecule has 0 unspecified atom stereocenters. The van der Waals surface area contributed by atoms with Crippen molar-refractivity contribution in [2.45, 2.75) is 65.8 Å². The van der Waals surface area contributed by atoms with Gasteiger partial charge in [-0.15, -0.1) is 0 Å². The summed E-state index contributed by atoms with van der Waals surface area (Å²) in [7, 11) is 0. The molecule has 3 heteroatoms. The van der Waals surface area contributed by atoms with Gasteiger partial charge in [-0.05, 0) is 73.6 Å². The molecule has 0 spiro atoms. The number of halogens is 1. The molecule has 0 amide bonds. The summed E-state index contributed by atoms with van der Waals surface area (Å²) in [6, 6.07) is 4.71. The molecule has 0 saturated carbocycles. The molecule has 0 atom stereocenters. The summed E-state index contributed by atoms with van der Waals surface area (Å²) in [5, 5.41) is 2.36. The Balaban J connectivity index is 1.85. The quantitative estimate of drug-likeness (QED) is 0.536. The zero-order valence-corrected chi connectivity index (χ0v) is 17.1. The molecule has 0 bridgehead atoms. The van der Waals surface area contributed by atoms with Gasteiger partial charge in [-0.25, -0.2) is 0 Å². The highest BCUT2D eigenvalue weighted by atomic mass is 35.5. The number of aryl methyl sites for hydroxylation is 3. The van der Waals surface area contributed by atoms with Gasteiger partial charge in [0.15, 0.2) is 0 Å². The number of nitrogens with zero attached hydrogens (tertiary/aromatic N) is 1. The third kappa shape index (κ3) is 3.31. The van der Waals surface area contributed by atoms with Gasteiger partial charge in [0.25, 0.3) is 5.01 Å². The van der Waals surface area contributed by atoms with Gasteiger partial charge in [-0.2, -0.15) is 4.57 Å². The second-order valence-electron chi connectivity index (χ2n) is 8.27. The van der Waals surface area contributed by atoms with Crippen LogP contribution in [-0.4, -0.2) is 0 Å². The largest absolute Gasteiger partial charge is 0.263 e. The SMILES string of the molecule is CC[n+]1c(C=C2C=C(Cl)CC(C)(C)C2)sc2c3c(ccc21)CCCC3. The molecule has 2 aliphatic carbocycles. The van der Waals surface area contributed by atoms with Crippen molar-refractivity contribution in [3.05, 3.63) is 44.9 Å². The maximum atomic E-state index is 6.43. The van der Waals surface area contributed by atoms with E-state index >= 15 is 0 Å². The Labute approximate surface area is 160 Å². The maximum Gasteiger partial charge on any atom is 0.263 e. The molecule has 1 aromatic heterocycles. The normalized spacial score (nSPS) is 21.4. The van der Waals surface area contributed by atoms with Crippen molar-refractivity contribution in [2.75, 3.05) is 0 Å². The number of allylic oxidation sites excluding steroid dienone is 3. The van der Waals surface area contributed by atoms with E-state index in [-0.39, 0.29) is 5.41 Å². The summed E-state index contributed by atoms with van der Waals surface area (Å²) in [4.78, 5) is 0. The lowest BCUT2D eigenvalue weighted by atomic mass is 9.78. The highest BCUT2D eigenvalue weighted by molar-refractivity contribution is 7.19. The Morgan fingerprint density at radius 3 is 2.76 bits per heavy atom. The van der Waals surface area contributed by atoms with Crippen LogP contribution in [0.4, 0.5) is 0 Å². The second-order valence-corrected chi connectivity index (χ2v) is 9.79. The minimum Gasteiger partial charge on any atom is -0.182 e. The van der Waals surface area contributed by atoms with Gasteiger partial charge in [-0.3, -0.25) is 0 Å². The fraction of sp³-hybridized carbons (Fsp3) is 0.500. The van der Waals surface area contributed by atoms with Gasteiger partial charge in [0, 0.05) is 17.2 Å². The maximum absolute atomic E-state index is 6.43. The summed E-state index contributed by atoms with van der Waals surface area (Å²) in [5.74, 6) is 0. The van der Waals surface area contributed by atoms with E-state index in [2.05, 4.69) is 49.6 Å². The van der Waals surface area contributed by atoms with Crippen LogP contribution in [0.15, 0.2) is 28.8 Å². The highest BCUT2D eigenvalue weighted by Gasteiger charge is 2.27. The standard InChI is InChI=1S/C22H27ClNS/c1-4-24-19-10-9-16-7-5-6-8-18(16)21(19)25-20(24)12-15-11-17(23)14-22(2,3)13-15/h9-12H,4-8,13-14H2,1-3H3/q+1. The molecule has 1 aromatic carbocycles. The van der Waals surface area contributed by atoms with Crippen LogP contribution >= 0.6 is 22.9 Å². The van der Waals surface area contributed by atoms with Crippen LogP contribution in [0.25, 0.3) is 16.3 Å². The van der Waals surface area contributed by atoms with Crippen LogP contribution < -0.4 is 4.57 Å². The molecule has 2 aliphatic rings. The molecule has 132 valence electrons. The number of fused-ring (bicyclic) bond motifs is 3. The summed E-state index contributed by atoms with van der Waals surface area (Å²) < 4.78 is 3.99. The van der Waals surface area contributed by atoms with Gasteiger partial charge in [0.2, 0.25) is 5.52 Å². The summed E-state index contributed by atoms with van der Waals surface area (Å²) in [6.07, 6.45) is 11.8. The number of benzene rings is 1. The van der Waals surface area contributed by atoms with E-state index in [1.807, 2.05) is 11.3 Å². The molecule has 1 heterocycles. The lowest BCUT2D eigenvalue weighted by Crippen LogP contribution is -2.33. The van der Waals surface area contributed by atoms with Gasteiger partial charge < -0.3 is 0 Å². The van der Waals surface area contributed by atoms with Crippen LogP contribution in [0, 0.1) is 5.41 Å². The minimum atomic E-state index is 0.255. The van der Waals surface area contributed by atoms with E-state index in [0.717, 1.165) is 24.4 Å². The van der Waals surface area contributed by atoms with E-state index in [9.17, 15) is 0 Å². The summed E-state index contributed by atoms with van der Waals surface area (Å²) in [6.45, 7) is 7.89. The molecule has 1 nitrogen and oxygen atoms in total. The van der Waals surface area contributed by atoms with Crippen LogP contribution in [0.5, 0.6) is 0 Å². The molecular weight excluding hydrogens is 346 g/mol. The van der Waals surface area contributed by atoms with E-state index in [1.165, 1.54) is 46.5 Å². The smallest absolute Gasteiger partial charge is 0.182 e. The third-order valence-corrected chi connectivity index (χ3v) is 6.97. The highest BCUT2D eigenvalue weighted by Crippen LogP contribution is 2.40. The number of aromatic nitrogens is 1. The summed E-state index contributed by atoms with van der Waals surface area (Å²) in [5.41, 5.74) is 6.21. The topological polar surface area (TPSA) is 3.88 Å². The minimum absolute atomic E-state index is 0.255. The van der Waals surface area contributed by atoms with E-state index < -0.39 is 0 Å². The lowest BCUT2D eigenvalue weighted by molar-refractivity contribution is -0.665. The number of thiazole rings is 1. The molecule has 25 heavy (non-hydrogen) atoms. The van der Waals surface area contributed by atoms with Crippen molar-refractivity contribution >= 4 is 39.2 Å². The van der Waals surface area contributed by atoms with Crippen molar-refractivity contribution in [2.24, 2.45) is 5.41 Å². The summed E-state index contributed by atoms with van der Waals surface area (Å²) >= 11 is 8.40. The number of hydrogen-bond acceptors (Lipinski definition) is 1. The van der Waals surface area contributed by atoms with E-state index in [1.54, 1.807) is 11.1 Å². The predicted octanol–water partition coefficient (Wildman–Crippen LogP) is 6.41. The third-order valence-electron chi connectivity index (χ3n) is 5.52. The van der Waals surface area contributed by atoms with Gasteiger partial charge in [0.05, 0.1) is 0 Å². The van der Waals surface area contributed by atoms with Crippen LogP contribution in [0.1, 0.15) is 62.6 Å². The predicted molar refractivity (Wildman–Crippen MR) is 109 cm³/mol. The molecule has 2 aromatic rings. The molecule has 0 N–H and O–H groups in total. The molecule has 0 fully saturated rings. The van der Waals surface area contributed by atoms with Crippen molar-refractivity contribution in [3.8, 4) is 0 Å². The number of hydrogen-bond donors (Lipinski definition) is 0. The first-order valence-electron chi connectivity index (χ1n) is 9.50. The monoisotopic (exact) mass is 372 g/mol. The molecule has 0 radical (unpaired) electrons. The Bertz CT molecular complexity index is 885. The van der Waals surface area contributed by atoms with Crippen molar-refractivity contribution in [1.29, 1.82) is 0 Å². The lowest BCUT2D eigenvalue weighted by Gasteiger charge is -2.28. The fourth-order valence-corrected chi connectivity index (χ4v) is 6.35. The average molecular weight is 373 g/mol. The molecule has 0 saturated heterocycles. The first-order chi connectivity index (χ1) is 12.0. The van der Waals surface area contributed by atoms with Crippen LogP contribution in [-0.2, 0) is 19.4 Å². The molecule has 0 aliphatic heterocycles. The first kappa shape index (κ1) is 17.3. The van der Waals surface area contributed by atoms with E-state index in [0.29, 0.717) is 0 Å². The second kappa shape index (κ2) is 6.55. The first-order valence-corrected chi connectivity index (χ1v) is 10.7. The van der Waals surface area contributed by atoms with Gasteiger partial charge in [-0.1, -0.05) is 42.9 Å². The Hall–Kier alpha value is -1.12. The van der Waals surface area contributed by atoms with Crippen molar-refractivity contribution in [3.63, 3.8) is 0 Å². The number of rotatable bonds is 2. The zero-order chi connectivity index (χ0) is 17.6.